The molecule has 22 heavy (non-hydrogen) atoms. The lowest BCUT2D eigenvalue weighted by Gasteiger charge is -2.19. The van der Waals surface area contributed by atoms with Crippen LogP contribution in [0.3, 0.4) is 0 Å². The van der Waals surface area contributed by atoms with Gasteiger partial charge in [-0.1, -0.05) is 46.8 Å². The average molecular weight is 304 g/mol. The Morgan fingerprint density at radius 1 is 1.05 bits per heavy atom. The number of amides is 2. The minimum absolute atomic E-state index is 0.0103. The molecule has 0 radical (unpaired) electrons. The third kappa shape index (κ3) is 5.51. The molecule has 2 N–H and O–H groups in total. The molecule has 0 aliphatic rings. The maximum atomic E-state index is 11.9. The van der Waals surface area contributed by atoms with E-state index in [1.807, 2.05) is 38.1 Å². The quantitative estimate of drug-likeness (QED) is 0.845. The minimum Gasteiger partial charge on any atom is -0.347 e. The van der Waals surface area contributed by atoms with Gasteiger partial charge in [0.1, 0.15) is 0 Å². The number of benzene rings is 1. The number of carbonyl (C=O) groups excluding carboxylic acids is 2. The van der Waals surface area contributed by atoms with Crippen molar-refractivity contribution in [2.75, 3.05) is 11.9 Å². The van der Waals surface area contributed by atoms with E-state index in [4.69, 9.17) is 0 Å². The molecule has 0 unspecified atom stereocenters. The van der Waals surface area contributed by atoms with Crippen molar-refractivity contribution >= 4 is 17.5 Å². The molecule has 122 valence electrons. The summed E-state index contributed by atoms with van der Waals surface area (Å²) in [5.74, 6) is -0.273. The van der Waals surface area contributed by atoms with Crippen molar-refractivity contribution < 1.29 is 9.59 Å². The lowest BCUT2D eigenvalue weighted by atomic mass is 9.87. The van der Waals surface area contributed by atoms with Crippen LogP contribution < -0.4 is 10.6 Å². The first-order valence-electron chi connectivity index (χ1n) is 7.96. The normalized spacial score (nSPS) is 11.4. The van der Waals surface area contributed by atoms with Crippen LogP contribution in [0.15, 0.2) is 24.3 Å². The molecule has 0 saturated heterocycles. The highest BCUT2D eigenvalue weighted by atomic mass is 16.2. The molecular formula is C18H28N2O2. The van der Waals surface area contributed by atoms with Crippen molar-refractivity contribution in [3.63, 3.8) is 0 Å². The van der Waals surface area contributed by atoms with E-state index in [0.717, 1.165) is 18.5 Å². The molecule has 1 aromatic rings. The number of hydrogen-bond donors (Lipinski definition) is 2. The van der Waals surface area contributed by atoms with Gasteiger partial charge in [0, 0.05) is 11.6 Å². The molecule has 0 aromatic heterocycles. The van der Waals surface area contributed by atoms with Crippen molar-refractivity contribution in [2.45, 2.75) is 52.9 Å². The summed E-state index contributed by atoms with van der Waals surface area (Å²) in [6.45, 7) is 10.4. The highest BCUT2D eigenvalue weighted by Gasteiger charge is 2.15. The van der Waals surface area contributed by atoms with Crippen molar-refractivity contribution in [1.82, 2.24) is 5.32 Å². The molecule has 0 atom stereocenters. The minimum atomic E-state index is -0.206. The molecule has 4 heteroatoms. The van der Waals surface area contributed by atoms with Gasteiger partial charge in [-0.15, -0.1) is 0 Å². The van der Waals surface area contributed by atoms with Gasteiger partial charge >= 0.3 is 0 Å². The van der Waals surface area contributed by atoms with Gasteiger partial charge in [0.2, 0.25) is 11.8 Å². The highest BCUT2D eigenvalue weighted by molar-refractivity contribution is 5.94. The number of carbonyl (C=O) groups is 2. The van der Waals surface area contributed by atoms with Gasteiger partial charge in [-0.3, -0.25) is 9.59 Å². The van der Waals surface area contributed by atoms with Crippen LogP contribution in [0.5, 0.6) is 0 Å². The van der Waals surface area contributed by atoms with Crippen LogP contribution in [0, 0.1) is 5.92 Å². The Morgan fingerprint density at radius 3 is 2.05 bits per heavy atom. The Kier molecular flexibility index (Phi) is 6.60. The van der Waals surface area contributed by atoms with Gasteiger partial charge in [-0.2, -0.15) is 0 Å². The van der Waals surface area contributed by atoms with E-state index in [2.05, 4.69) is 31.4 Å². The summed E-state index contributed by atoms with van der Waals surface area (Å²) in [7, 11) is 0. The zero-order valence-electron chi connectivity index (χ0n) is 14.3. The van der Waals surface area contributed by atoms with Crippen molar-refractivity contribution in [3.8, 4) is 0 Å². The molecule has 0 bridgehead atoms. The van der Waals surface area contributed by atoms with E-state index in [0.29, 0.717) is 0 Å². The third-order valence-corrected chi connectivity index (χ3v) is 3.81. The first kappa shape index (κ1) is 18.2. The fraction of sp³-hybridized carbons (Fsp3) is 0.556. The largest absolute Gasteiger partial charge is 0.347 e. The van der Waals surface area contributed by atoms with Gasteiger partial charge in [-0.25, -0.2) is 0 Å². The Bertz CT molecular complexity index is 497. The number of anilines is 1. The Morgan fingerprint density at radius 2 is 1.59 bits per heavy atom. The highest BCUT2D eigenvalue weighted by Crippen LogP contribution is 2.23. The molecule has 0 saturated carbocycles. The number of rotatable bonds is 6. The lowest BCUT2D eigenvalue weighted by Crippen LogP contribution is -2.36. The van der Waals surface area contributed by atoms with Gasteiger partial charge in [0.05, 0.1) is 6.54 Å². The number of hydrogen-bond acceptors (Lipinski definition) is 2. The number of nitrogens with one attached hydrogen (secondary N) is 2. The first-order chi connectivity index (χ1) is 10.3. The van der Waals surface area contributed by atoms with E-state index in [1.165, 1.54) is 5.56 Å². The molecule has 1 rings (SSSR count). The van der Waals surface area contributed by atoms with Crippen molar-refractivity contribution in [2.24, 2.45) is 5.92 Å². The van der Waals surface area contributed by atoms with Crippen LogP contribution in [-0.4, -0.2) is 18.4 Å². The summed E-state index contributed by atoms with van der Waals surface area (Å²) in [5, 5.41) is 5.49. The Hall–Kier alpha value is -1.84. The van der Waals surface area contributed by atoms with Crippen molar-refractivity contribution in [1.29, 1.82) is 0 Å². The molecule has 0 fully saturated rings. The average Bonchev–Trinajstić information content (AvgIpc) is 2.46. The Labute approximate surface area is 133 Å². The van der Waals surface area contributed by atoms with Crippen molar-refractivity contribution in [3.05, 3.63) is 29.8 Å². The first-order valence-corrected chi connectivity index (χ1v) is 7.96. The van der Waals surface area contributed by atoms with E-state index in [1.54, 1.807) is 0 Å². The maximum absolute atomic E-state index is 11.9. The summed E-state index contributed by atoms with van der Waals surface area (Å²) < 4.78 is 0. The standard InChI is InChI=1S/C18H28N2O2/c1-6-13(7-2)17(22)19-12-16(21)20-15-10-8-14(9-11-15)18(3,4)5/h8-11,13H,6-7,12H2,1-5H3,(H,19,22)(H,20,21). The summed E-state index contributed by atoms with van der Waals surface area (Å²) in [5.41, 5.74) is 2.05. The molecule has 0 aliphatic carbocycles. The molecule has 0 aliphatic heterocycles. The van der Waals surface area contributed by atoms with Gasteiger partial charge in [-0.05, 0) is 36.0 Å². The summed E-state index contributed by atoms with van der Waals surface area (Å²) >= 11 is 0. The SMILES string of the molecule is CCC(CC)C(=O)NCC(=O)Nc1ccc(C(C)(C)C)cc1. The predicted octanol–water partition coefficient (Wildman–Crippen LogP) is 3.48. The summed E-state index contributed by atoms with van der Waals surface area (Å²) in [4.78, 5) is 23.7. The second-order valence-electron chi connectivity index (χ2n) is 6.61. The topological polar surface area (TPSA) is 58.2 Å². The summed E-state index contributed by atoms with van der Waals surface area (Å²) in [6.07, 6.45) is 1.58. The van der Waals surface area contributed by atoms with Gasteiger partial charge in [0.25, 0.3) is 0 Å². The van der Waals surface area contributed by atoms with E-state index in [9.17, 15) is 9.59 Å². The molecule has 4 nitrogen and oxygen atoms in total. The van der Waals surface area contributed by atoms with E-state index < -0.39 is 0 Å². The van der Waals surface area contributed by atoms with Crippen LogP contribution in [0.1, 0.15) is 53.0 Å². The molecule has 2 amide bonds. The van der Waals surface area contributed by atoms with E-state index in [-0.39, 0.29) is 29.7 Å². The lowest BCUT2D eigenvalue weighted by molar-refractivity contribution is -0.127. The van der Waals surface area contributed by atoms with E-state index >= 15 is 0 Å². The predicted molar refractivity (Wildman–Crippen MR) is 90.9 cm³/mol. The smallest absolute Gasteiger partial charge is 0.243 e. The van der Waals surface area contributed by atoms with Gasteiger partial charge < -0.3 is 10.6 Å². The van der Waals surface area contributed by atoms with Crippen LogP contribution in [0.25, 0.3) is 0 Å². The monoisotopic (exact) mass is 304 g/mol. The molecular weight excluding hydrogens is 276 g/mol. The zero-order chi connectivity index (χ0) is 16.8. The molecule has 0 spiro atoms. The van der Waals surface area contributed by atoms with Crippen LogP contribution in [-0.2, 0) is 15.0 Å². The fourth-order valence-electron chi connectivity index (χ4n) is 2.23. The Balaban J connectivity index is 2.50. The zero-order valence-corrected chi connectivity index (χ0v) is 14.3. The van der Waals surface area contributed by atoms with Crippen LogP contribution >= 0.6 is 0 Å². The van der Waals surface area contributed by atoms with Crippen LogP contribution in [0.4, 0.5) is 5.69 Å². The third-order valence-electron chi connectivity index (χ3n) is 3.81. The van der Waals surface area contributed by atoms with Gasteiger partial charge in [0.15, 0.2) is 0 Å². The second kappa shape index (κ2) is 7.97. The fourth-order valence-corrected chi connectivity index (χ4v) is 2.23. The second-order valence-corrected chi connectivity index (χ2v) is 6.61. The molecule has 1 aromatic carbocycles. The maximum Gasteiger partial charge on any atom is 0.243 e. The molecule has 0 heterocycles. The summed E-state index contributed by atoms with van der Waals surface area (Å²) in [6, 6.07) is 7.80. The van der Waals surface area contributed by atoms with Crippen LogP contribution in [0.2, 0.25) is 0 Å².